The fourth-order valence-electron chi connectivity index (χ4n) is 2.46. The van der Waals surface area contributed by atoms with Gasteiger partial charge in [0, 0.05) is 10.9 Å². The van der Waals surface area contributed by atoms with Gasteiger partial charge in [-0.3, -0.25) is 14.9 Å². The van der Waals surface area contributed by atoms with Crippen LogP contribution < -0.4 is 10.6 Å². The van der Waals surface area contributed by atoms with Gasteiger partial charge in [-0.1, -0.05) is 31.0 Å². The molecular weight excluding hydrogens is 328 g/mol. The second-order valence-electron chi connectivity index (χ2n) is 5.68. The minimum atomic E-state index is -0.629. The molecule has 0 aromatic heterocycles. The number of hydrogen-bond acceptors (Lipinski definition) is 5. The molecule has 1 saturated carbocycles. The van der Waals surface area contributed by atoms with E-state index in [9.17, 15) is 14.4 Å². The summed E-state index contributed by atoms with van der Waals surface area (Å²) >= 11 is 1.35. The Morgan fingerprint density at radius 1 is 1.21 bits per heavy atom. The van der Waals surface area contributed by atoms with Gasteiger partial charge in [0.1, 0.15) is 5.25 Å². The molecule has 1 fully saturated rings. The lowest BCUT2D eigenvalue weighted by Gasteiger charge is -2.13. The van der Waals surface area contributed by atoms with E-state index in [2.05, 4.69) is 10.6 Å². The predicted octanol–water partition coefficient (Wildman–Crippen LogP) is 2.48. The fraction of sp³-hybridized carbons (Fsp3) is 0.471. The number of amides is 3. The summed E-state index contributed by atoms with van der Waals surface area (Å²) in [6.07, 6.45) is 4.05. The van der Waals surface area contributed by atoms with Crippen LogP contribution in [-0.4, -0.2) is 35.8 Å². The molecule has 2 rings (SSSR count). The Balaban J connectivity index is 1.66. The molecule has 1 aromatic rings. The third-order valence-corrected chi connectivity index (χ3v) is 4.77. The largest absolute Gasteiger partial charge is 0.455 e. The van der Waals surface area contributed by atoms with Gasteiger partial charge >= 0.3 is 12.0 Å². The molecular formula is C17H22N2O4S. The predicted molar refractivity (Wildman–Crippen MR) is 91.7 cm³/mol. The summed E-state index contributed by atoms with van der Waals surface area (Å²) in [6.45, 7) is 1.25. The van der Waals surface area contributed by atoms with Gasteiger partial charge in [-0.2, -0.15) is 0 Å². The normalized spacial score (nSPS) is 15.5. The molecule has 1 aliphatic carbocycles. The van der Waals surface area contributed by atoms with E-state index in [1.807, 2.05) is 30.3 Å². The van der Waals surface area contributed by atoms with Crippen molar-refractivity contribution in [2.75, 3.05) is 6.61 Å². The lowest BCUT2D eigenvalue weighted by Crippen LogP contribution is -2.45. The number of carbonyl (C=O) groups is 3. The van der Waals surface area contributed by atoms with E-state index in [-0.39, 0.29) is 6.04 Å². The van der Waals surface area contributed by atoms with Crippen molar-refractivity contribution >= 4 is 29.7 Å². The molecule has 1 atom stereocenters. The van der Waals surface area contributed by atoms with Crippen LogP contribution >= 0.6 is 11.8 Å². The minimum Gasteiger partial charge on any atom is -0.455 e. The van der Waals surface area contributed by atoms with Gasteiger partial charge in [0.25, 0.3) is 5.91 Å². The maximum atomic E-state index is 11.9. The monoisotopic (exact) mass is 350 g/mol. The second-order valence-corrected chi connectivity index (χ2v) is 7.10. The van der Waals surface area contributed by atoms with Crippen molar-refractivity contribution in [2.45, 2.75) is 48.8 Å². The lowest BCUT2D eigenvalue weighted by atomic mass is 10.2. The summed E-state index contributed by atoms with van der Waals surface area (Å²) in [5, 5.41) is 4.48. The van der Waals surface area contributed by atoms with Gasteiger partial charge in [0.15, 0.2) is 6.61 Å². The third-order valence-electron chi connectivity index (χ3n) is 3.68. The average Bonchev–Trinajstić information content (AvgIpc) is 3.06. The van der Waals surface area contributed by atoms with Crippen molar-refractivity contribution in [1.82, 2.24) is 10.6 Å². The first-order chi connectivity index (χ1) is 11.5. The number of esters is 1. The summed E-state index contributed by atoms with van der Waals surface area (Å²) in [4.78, 5) is 36.1. The number of benzene rings is 1. The van der Waals surface area contributed by atoms with Gasteiger partial charge < -0.3 is 10.1 Å². The summed E-state index contributed by atoms with van der Waals surface area (Å²) in [6, 6.07) is 9.06. The SMILES string of the molecule is C[C@H](Sc1ccccc1)C(=O)OCC(=O)NC(=O)NC1CCCC1. The van der Waals surface area contributed by atoms with Crippen LogP contribution in [0.25, 0.3) is 0 Å². The highest BCUT2D eigenvalue weighted by Gasteiger charge is 2.20. The number of hydrogen-bond donors (Lipinski definition) is 2. The first kappa shape index (κ1) is 18.3. The average molecular weight is 350 g/mol. The molecule has 0 heterocycles. The van der Waals surface area contributed by atoms with Crippen molar-refractivity contribution in [3.8, 4) is 0 Å². The highest BCUT2D eigenvalue weighted by Crippen LogP contribution is 2.23. The Bertz CT molecular complexity index is 573. The van der Waals surface area contributed by atoms with Crippen LogP contribution in [0.3, 0.4) is 0 Å². The van der Waals surface area contributed by atoms with E-state index < -0.39 is 29.8 Å². The van der Waals surface area contributed by atoms with E-state index in [0.717, 1.165) is 30.6 Å². The Labute approximate surface area is 145 Å². The van der Waals surface area contributed by atoms with Gasteiger partial charge in [0.05, 0.1) is 0 Å². The number of nitrogens with one attached hydrogen (secondary N) is 2. The van der Waals surface area contributed by atoms with Crippen LogP contribution in [0.5, 0.6) is 0 Å². The Morgan fingerprint density at radius 3 is 2.54 bits per heavy atom. The Morgan fingerprint density at radius 2 is 1.88 bits per heavy atom. The molecule has 3 amide bonds. The van der Waals surface area contributed by atoms with Crippen molar-refractivity contribution < 1.29 is 19.1 Å². The van der Waals surface area contributed by atoms with Crippen LogP contribution in [0, 0.1) is 0 Å². The summed E-state index contributed by atoms with van der Waals surface area (Å²) in [5.41, 5.74) is 0. The van der Waals surface area contributed by atoms with E-state index in [1.54, 1.807) is 6.92 Å². The molecule has 24 heavy (non-hydrogen) atoms. The maximum absolute atomic E-state index is 11.9. The zero-order valence-corrected chi connectivity index (χ0v) is 14.4. The zero-order valence-electron chi connectivity index (χ0n) is 13.6. The van der Waals surface area contributed by atoms with Crippen LogP contribution in [0.4, 0.5) is 4.79 Å². The molecule has 0 bridgehead atoms. The molecule has 6 nitrogen and oxygen atoms in total. The summed E-state index contributed by atoms with van der Waals surface area (Å²) < 4.78 is 4.96. The summed E-state index contributed by atoms with van der Waals surface area (Å²) in [5.74, 6) is -1.12. The highest BCUT2D eigenvalue weighted by atomic mass is 32.2. The van der Waals surface area contributed by atoms with E-state index in [4.69, 9.17) is 4.74 Å². The van der Waals surface area contributed by atoms with Gasteiger partial charge in [0.2, 0.25) is 0 Å². The maximum Gasteiger partial charge on any atom is 0.321 e. The fourth-order valence-corrected chi connectivity index (χ4v) is 3.35. The number of carbonyl (C=O) groups excluding carboxylic acids is 3. The molecule has 1 aliphatic rings. The zero-order chi connectivity index (χ0) is 17.4. The minimum absolute atomic E-state index is 0.127. The molecule has 130 valence electrons. The number of thioether (sulfide) groups is 1. The first-order valence-corrected chi connectivity index (χ1v) is 8.91. The van der Waals surface area contributed by atoms with Gasteiger partial charge in [-0.25, -0.2) is 4.79 Å². The summed E-state index contributed by atoms with van der Waals surface area (Å²) in [7, 11) is 0. The molecule has 0 spiro atoms. The second kappa shape index (κ2) is 9.32. The molecule has 0 saturated heterocycles. The van der Waals surface area contributed by atoms with Crippen molar-refractivity contribution in [1.29, 1.82) is 0 Å². The Kier molecular flexibility index (Phi) is 7.11. The lowest BCUT2D eigenvalue weighted by molar-refractivity contribution is -0.147. The van der Waals surface area contributed by atoms with Crippen LogP contribution in [0.2, 0.25) is 0 Å². The van der Waals surface area contributed by atoms with Gasteiger partial charge in [-0.15, -0.1) is 11.8 Å². The molecule has 0 unspecified atom stereocenters. The van der Waals surface area contributed by atoms with E-state index in [0.29, 0.717) is 0 Å². The van der Waals surface area contributed by atoms with Crippen molar-refractivity contribution in [3.63, 3.8) is 0 Å². The van der Waals surface area contributed by atoms with E-state index in [1.165, 1.54) is 11.8 Å². The number of urea groups is 1. The molecule has 1 aromatic carbocycles. The molecule has 7 heteroatoms. The Hall–Kier alpha value is -2.02. The smallest absolute Gasteiger partial charge is 0.321 e. The first-order valence-electron chi connectivity index (χ1n) is 8.03. The molecule has 2 N–H and O–H groups in total. The molecule has 0 radical (unpaired) electrons. The third kappa shape index (κ3) is 6.23. The van der Waals surface area contributed by atoms with Crippen LogP contribution in [-0.2, 0) is 14.3 Å². The van der Waals surface area contributed by atoms with Crippen molar-refractivity contribution in [2.24, 2.45) is 0 Å². The van der Waals surface area contributed by atoms with Crippen LogP contribution in [0.15, 0.2) is 35.2 Å². The van der Waals surface area contributed by atoms with E-state index >= 15 is 0 Å². The topological polar surface area (TPSA) is 84.5 Å². The number of imide groups is 1. The number of rotatable bonds is 6. The standard InChI is InChI=1S/C17H22N2O4S/c1-12(24-14-9-3-2-4-10-14)16(21)23-11-15(20)19-17(22)18-13-7-5-6-8-13/h2-4,9-10,12-13H,5-8,11H2,1H3,(H2,18,19,20,22)/t12-/m0/s1. The highest BCUT2D eigenvalue weighted by molar-refractivity contribution is 8.00. The number of ether oxygens (including phenoxy) is 1. The quantitative estimate of drug-likeness (QED) is 0.608. The van der Waals surface area contributed by atoms with Gasteiger partial charge in [-0.05, 0) is 31.9 Å². The van der Waals surface area contributed by atoms with Crippen LogP contribution in [0.1, 0.15) is 32.6 Å². The molecule has 0 aliphatic heterocycles. The van der Waals surface area contributed by atoms with Crippen molar-refractivity contribution in [3.05, 3.63) is 30.3 Å².